The maximum atomic E-state index is 6.34. The lowest BCUT2D eigenvalue weighted by atomic mass is 10.0. The quantitative estimate of drug-likeness (QED) is 0.827. The summed E-state index contributed by atoms with van der Waals surface area (Å²) in [6.07, 6.45) is 0. The first-order valence-corrected chi connectivity index (χ1v) is 6.18. The molecule has 0 spiro atoms. The van der Waals surface area contributed by atoms with E-state index in [0.29, 0.717) is 0 Å². The van der Waals surface area contributed by atoms with E-state index < -0.39 is 0 Å². The van der Waals surface area contributed by atoms with Crippen molar-refractivity contribution in [2.45, 2.75) is 20.8 Å². The van der Waals surface area contributed by atoms with Crippen LogP contribution in [0.1, 0.15) is 16.8 Å². The van der Waals surface area contributed by atoms with Gasteiger partial charge in [-0.05, 0) is 44.0 Å². The first kappa shape index (κ1) is 13.0. The van der Waals surface area contributed by atoms with Crippen molar-refractivity contribution >= 4 is 11.6 Å². The Labute approximate surface area is 112 Å². The lowest BCUT2D eigenvalue weighted by Gasteiger charge is -2.15. The summed E-state index contributed by atoms with van der Waals surface area (Å²) in [7, 11) is 3.60. The molecule has 0 amide bonds. The van der Waals surface area contributed by atoms with Crippen LogP contribution in [-0.4, -0.2) is 16.9 Å². The molecular weight excluding hydrogens is 248 g/mol. The smallest absolute Gasteiger partial charge is 0.128 e. The Balaban J connectivity index is 2.77. The fraction of sp³-hybridized carbons (Fsp3) is 0.357. The van der Waals surface area contributed by atoms with Crippen LogP contribution in [0.3, 0.4) is 0 Å². The minimum Gasteiger partial charge on any atom is -0.496 e. The Hall–Kier alpha value is -1.48. The summed E-state index contributed by atoms with van der Waals surface area (Å²) in [4.78, 5) is 0. The maximum absolute atomic E-state index is 6.34. The van der Waals surface area contributed by atoms with Crippen LogP contribution in [0.2, 0.25) is 5.02 Å². The molecule has 0 bridgehead atoms. The molecule has 0 saturated heterocycles. The number of rotatable bonds is 2. The Morgan fingerprint density at radius 1 is 1.22 bits per heavy atom. The summed E-state index contributed by atoms with van der Waals surface area (Å²) in [6.45, 7) is 5.97. The van der Waals surface area contributed by atoms with E-state index in [-0.39, 0.29) is 0 Å². The molecule has 4 heteroatoms. The number of ether oxygens (including phenoxy) is 1. The molecule has 0 saturated carbocycles. The monoisotopic (exact) mass is 264 g/mol. The molecule has 3 nitrogen and oxygen atoms in total. The molecule has 0 aliphatic rings. The number of nitrogens with zero attached hydrogens (tertiary/aromatic N) is 2. The second kappa shape index (κ2) is 4.65. The first-order valence-electron chi connectivity index (χ1n) is 5.80. The molecule has 0 atom stereocenters. The van der Waals surface area contributed by atoms with Gasteiger partial charge in [0, 0.05) is 17.6 Å². The van der Waals surface area contributed by atoms with Crippen LogP contribution in [0.4, 0.5) is 0 Å². The lowest BCUT2D eigenvalue weighted by molar-refractivity contribution is 0.415. The van der Waals surface area contributed by atoms with Gasteiger partial charge in [0.15, 0.2) is 0 Å². The third-order valence-corrected chi connectivity index (χ3v) is 3.70. The number of aryl methyl sites for hydroxylation is 3. The number of methoxy groups -OCH3 is 1. The summed E-state index contributed by atoms with van der Waals surface area (Å²) in [5, 5.41) is 5.16. The van der Waals surface area contributed by atoms with Gasteiger partial charge in [-0.3, -0.25) is 4.68 Å². The molecule has 0 unspecified atom stereocenters. The van der Waals surface area contributed by atoms with Crippen LogP contribution in [-0.2, 0) is 7.05 Å². The number of benzene rings is 1. The van der Waals surface area contributed by atoms with Gasteiger partial charge in [-0.2, -0.15) is 5.10 Å². The molecule has 2 rings (SSSR count). The van der Waals surface area contributed by atoms with Crippen molar-refractivity contribution in [1.82, 2.24) is 9.78 Å². The third kappa shape index (κ3) is 1.99. The SMILES string of the molecule is COc1cc(C)c(Cl)c(C)c1-c1cc(C)nn1C. The van der Waals surface area contributed by atoms with Gasteiger partial charge >= 0.3 is 0 Å². The summed E-state index contributed by atoms with van der Waals surface area (Å²) in [5.74, 6) is 0.831. The Bertz CT molecular complexity index is 602. The predicted molar refractivity (Wildman–Crippen MR) is 74.4 cm³/mol. The zero-order valence-electron chi connectivity index (χ0n) is 11.3. The molecule has 0 aliphatic carbocycles. The largest absolute Gasteiger partial charge is 0.496 e. The highest BCUT2D eigenvalue weighted by Crippen LogP contribution is 2.38. The van der Waals surface area contributed by atoms with Gasteiger partial charge < -0.3 is 4.74 Å². The van der Waals surface area contributed by atoms with E-state index in [1.165, 1.54) is 0 Å². The molecule has 0 N–H and O–H groups in total. The molecule has 1 aromatic carbocycles. The second-order valence-corrected chi connectivity index (χ2v) is 4.88. The van der Waals surface area contributed by atoms with Crippen LogP contribution < -0.4 is 4.74 Å². The molecule has 96 valence electrons. The van der Waals surface area contributed by atoms with Crippen molar-refractivity contribution in [3.63, 3.8) is 0 Å². The minimum absolute atomic E-state index is 0.782. The van der Waals surface area contributed by atoms with E-state index in [1.807, 2.05) is 44.6 Å². The molecule has 18 heavy (non-hydrogen) atoms. The van der Waals surface area contributed by atoms with Crippen molar-refractivity contribution in [3.8, 4) is 17.0 Å². The summed E-state index contributed by atoms with van der Waals surface area (Å²) in [6, 6.07) is 4.00. The van der Waals surface area contributed by atoms with Crippen LogP contribution >= 0.6 is 11.6 Å². The predicted octanol–water partition coefficient (Wildman–Crippen LogP) is 3.67. The number of halogens is 1. The standard InChI is InChI=1S/C14H17ClN2O/c1-8-6-12(18-5)13(10(3)14(8)15)11-7-9(2)16-17(11)4/h6-7H,1-5H3. The normalized spacial score (nSPS) is 10.8. The van der Waals surface area contributed by atoms with E-state index in [1.54, 1.807) is 7.11 Å². The highest BCUT2D eigenvalue weighted by molar-refractivity contribution is 6.32. The average molecular weight is 265 g/mol. The Morgan fingerprint density at radius 2 is 1.89 bits per heavy atom. The van der Waals surface area contributed by atoms with Gasteiger partial charge in [0.1, 0.15) is 5.75 Å². The molecule has 0 radical (unpaired) electrons. The average Bonchev–Trinajstić information content (AvgIpc) is 2.64. The van der Waals surface area contributed by atoms with E-state index in [4.69, 9.17) is 16.3 Å². The topological polar surface area (TPSA) is 27.1 Å². The highest BCUT2D eigenvalue weighted by atomic mass is 35.5. The van der Waals surface area contributed by atoms with Gasteiger partial charge in [-0.25, -0.2) is 0 Å². The summed E-state index contributed by atoms with van der Waals surface area (Å²) < 4.78 is 7.33. The molecule has 1 aromatic heterocycles. The van der Waals surface area contributed by atoms with Crippen LogP contribution in [0, 0.1) is 20.8 Å². The number of aromatic nitrogens is 2. The van der Waals surface area contributed by atoms with E-state index >= 15 is 0 Å². The van der Waals surface area contributed by atoms with Crippen LogP contribution in [0.15, 0.2) is 12.1 Å². The number of hydrogen-bond donors (Lipinski definition) is 0. The van der Waals surface area contributed by atoms with E-state index in [9.17, 15) is 0 Å². The highest BCUT2D eigenvalue weighted by Gasteiger charge is 2.17. The van der Waals surface area contributed by atoms with Gasteiger partial charge in [0.05, 0.1) is 18.5 Å². The Morgan fingerprint density at radius 3 is 2.39 bits per heavy atom. The second-order valence-electron chi connectivity index (χ2n) is 4.50. The van der Waals surface area contributed by atoms with Crippen molar-refractivity contribution in [2.75, 3.05) is 7.11 Å². The molecule has 0 aliphatic heterocycles. The van der Waals surface area contributed by atoms with Gasteiger partial charge in [-0.1, -0.05) is 11.6 Å². The van der Waals surface area contributed by atoms with E-state index in [2.05, 4.69) is 5.10 Å². The zero-order valence-corrected chi connectivity index (χ0v) is 12.1. The fourth-order valence-corrected chi connectivity index (χ4v) is 2.40. The van der Waals surface area contributed by atoms with Crippen LogP contribution in [0.25, 0.3) is 11.3 Å². The van der Waals surface area contributed by atoms with Gasteiger partial charge in [-0.15, -0.1) is 0 Å². The minimum atomic E-state index is 0.782. The van der Waals surface area contributed by atoms with Crippen molar-refractivity contribution < 1.29 is 4.74 Å². The van der Waals surface area contributed by atoms with Crippen molar-refractivity contribution in [2.24, 2.45) is 7.05 Å². The number of hydrogen-bond acceptors (Lipinski definition) is 2. The zero-order chi connectivity index (χ0) is 13.4. The summed E-state index contributed by atoms with van der Waals surface area (Å²) >= 11 is 6.34. The molecule has 2 aromatic rings. The molecule has 0 fully saturated rings. The van der Waals surface area contributed by atoms with Crippen LogP contribution in [0.5, 0.6) is 5.75 Å². The van der Waals surface area contributed by atoms with Gasteiger partial charge in [0.2, 0.25) is 0 Å². The first-order chi connectivity index (χ1) is 8.45. The maximum Gasteiger partial charge on any atom is 0.128 e. The molecule has 1 heterocycles. The summed E-state index contributed by atoms with van der Waals surface area (Å²) in [5.41, 5.74) is 5.05. The Kier molecular flexibility index (Phi) is 3.35. The fourth-order valence-electron chi connectivity index (χ4n) is 2.25. The lowest BCUT2D eigenvalue weighted by Crippen LogP contribution is -1.99. The third-order valence-electron chi connectivity index (χ3n) is 3.12. The van der Waals surface area contributed by atoms with E-state index in [0.717, 1.165) is 38.9 Å². The molecular formula is C14H17ClN2O. The van der Waals surface area contributed by atoms with Gasteiger partial charge in [0.25, 0.3) is 0 Å². The van der Waals surface area contributed by atoms with Crippen molar-refractivity contribution in [1.29, 1.82) is 0 Å². The van der Waals surface area contributed by atoms with Crippen molar-refractivity contribution in [3.05, 3.63) is 34.0 Å².